The first-order valence-electron chi connectivity index (χ1n) is 4.51. The molecular weight excluding hydrogens is 196 g/mol. The van der Waals surface area contributed by atoms with Gasteiger partial charge in [0.1, 0.15) is 0 Å². The van der Waals surface area contributed by atoms with Crippen LogP contribution in [0.1, 0.15) is 24.3 Å². The second kappa shape index (κ2) is 4.54. The average molecular weight is 208 g/mol. The fourth-order valence-electron chi connectivity index (χ4n) is 0.954. The minimum absolute atomic E-state index is 0.147. The van der Waals surface area contributed by atoms with Crippen LogP contribution in [0.4, 0.5) is 5.69 Å². The number of carbonyl (C=O) groups excluding carboxylic acids is 1. The zero-order valence-corrected chi connectivity index (χ0v) is 8.52. The Balaban J connectivity index is 2.94. The van der Waals surface area contributed by atoms with E-state index in [-0.39, 0.29) is 23.2 Å². The Bertz CT molecular complexity index is 388. The van der Waals surface area contributed by atoms with Crippen LogP contribution in [0.25, 0.3) is 0 Å². The normalized spacial score (nSPS) is 10.1. The van der Waals surface area contributed by atoms with Crippen molar-refractivity contribution in [1.82, 2.24) is 4.98 Å². The maximum Gasteiger partial charge on any atom is 0.356 e. The molecule has 2 N–H and O–H groups in total. The number of nitrogens with one attached hydrogen (secondary N) is 1. The van der Waals surface area contributed by atoms with Crippen molar-refractivity contribution in [2.24, 2.45) is 5.92 Å². The van der Waals surface area contributed by atoms with E-state index in [0.29, 0.717) is 0 Å². The standard InChI is InChI=1S/C10H12N2O3/c1-6(2)9(13)12-7-4-3-5-11-8(7)10(14)15/h3-6H,1-2H3,(H,12,13)(H,14,15). The number of anilines is 1. The van der Waals surface area contributed by atoms with Crippen LogP contribution in [0.2, 0.25) is 0 Å². The third-order valence-corrected chi connectivity index (χ3v) is 1.79. The van der Waals surface area contributed by atoms with Gasteiger partial charge in [-0.2, -0.15) is 0 Å². The van der Waals surface area contributed by atoms with E-state index in [1.807, 2.05) is 0 Å². The van der Waals surface area contributed by atoms with Crippen molar-refractivity contribution in [3.8, 4) is 0 Å². The summed E-state index contributed by atoms with van der Waals surface area (Å²) in [5.41, 5.74) is 0.0789. The van der Waals surface area contributed by atoms with Crippen LogP contribution in [0, 0.1) is 5.92 Å². The molecule has 0 aliphatic heterocycles. The third kappa shape index (κ3) is 2.77. The Morgan fingerprint density at radius 1 is 1.47 bits per heavy atom. The van der Waals surface area contributed by atoms with Gasteiger partial charge in [-0.25, -0.2) is 9.78 Å². The molecule has 0 radical (unpaired) electrons. The molecule has 5 nitrogen and oxygen atoms in total. The van der Waals surface area contributed by atoms with Crippen molar-refractivity contribution in [3.05, 3.63) is 24.0 Å². The van der Waals surface area contributed by atoms with Gasteiger partial charge in [0, 0.05) is 12.1 Å². The van der Waals surface area contributed by atoms with Gasteiger partial charge < -0.3 is 10.4 Å². The maximum atomic E-state index is 11.4. The molecule has 0 atom stereocenters. The number of hydrogen-bond acceptors (Lipinski definition) is 3. The smallest absolute Gasteiger partial charge is 0.356 e. The van der Waals surface area contributed by atoms with E-state index >= 15 is 0 Å². The highest BCUT2D eigenvalue weighted by molar-refractivity contribution is 5.99. The number of amides is 1. The molecule has 1 rings (SSSR count). The summed E-state index contributed by atoms with van der Waals surface area (Å²) < 4.78 is 0. The van der Waals surface area contributed by atoms with Crippen molar-refractivity contribution in [2.75, 3.05) is 5.32 Å². The molecule has 0 saturated heterocycles. The van der Waals surface area contributed by atoms with Gasteiger partial charge in [0.25, 0.3) is 0 Å². The van der Waals surface area contributed by atoms with Gasteiger partial charge in [0.15, 0.2) is 5.69 Å². The molecule has 5 heteroatoms. The summed E-state index contributed by atoms with van der Waals surface area (Å²) in [6, 6.07) is 3.08. The summed E-state index contributed by atoms with van der Waals surface area (Å²) in [4.78, 5) is 25.8. The fraction of sp³-hybridized carbons (Fsp3) is 0.300. The number of rotatable bonds is 3. The van der Waals surface area contributed by atoms with Crippen molar-refractivity contribution >= 4 is 17.6 Å². The van der Waals surface area contributed by atoms with Gasteiger partial charge in [-0.15, -0.1) is 0 Å². The number of carbonyl (C=O) groups is 2. The number of nitrogens with zero attached hydrogens (tertiary/aromatic N) is 1. The highest BCUT2D eigenvalue weighted by Crippen LogP contribution is 2.13. The summed E-state index contributed by atoms with van der Waals surface area (Å²) in [5, 5.41) is 11.3. The van der Waals surface area contributed by atoms with E-state index in [9.17, 15) is 9.59 Å². The number of carboxylic acids is 1. The fourth-order valence-corrected chi connectivity index (χ4v) is 0.954. The number of hydrogen-bond donors (Lipinski definition) is 2. The summed E-state index contributed by atoms with van der Waals surface area (Å²) in [6.07, 6.45) is 1.37. The molecule has 0 unspecified atom stereocenters. The molecule has 0 aliphatic carbocycles. The van der Waals surface area contributed by atoms with Gasteiger partial charge in [-0.3, -0.25) is 4.79 Å². The predicted molar refractivity (Wildman–Crippen MR) is 54.7 cm³/mol. The molecule has 0 bridgehead atoms. The summed E-state index contributed by atoms with van der Waals surface area (Å²) >= 11 is 0. The van der Waals surface area contributed by atoms with Crippen molar-refractivity contribution in [1.29, 1.82) is 0 Å². The van der Waals surface area contributed by atoms with Crippen molar-refractivity contribution in [3.63, 3.8) is 0 Å². The molecule has 15 heavy (non-hydrogen) atoms. The maximum absolute atomic E-state index is 11.4. The quantitative estimate of drug-likeness (QED) is 0.786. The second-order valence-electron chi connectivity index (χ2n) is 3.35. The Kier molecular flexibility index (Phi) is 3.38. The largest absolute Gasteiger partial charge is 0.476 e. The molecule has 0 aliphatic rings. The predicted octanol–water partition coefficient (Wildman–Crippen LogP) is 1.37. The SMILES string of the molecule is CC(C)C(=O)Nc1cccnc1C(=O)O. The lowest BCUT2D eigenvalue weighted by Crippen LogP contribution is -2.20. The Morgan fingerprint density at radius 3 is 2.67 bits per heavy atom. The van der Waals surface area contributed by atoms with E-state index in [1.165, 1.54) is 12.3 Å². The van der Waals surface area contributed by atoms with Crippen molar-refractivity contribution < 1.29 is 14.7 Å². The average Bonchev–Trinajstić information content (AvgIpc) is 2.18. The molecule has 80 valence electrons. The van der Waals surface area contributed by atoms with Gasteiger partial charge >= 0.3 is 5.97 Å². The summed E-state index contributed by atoms with van der Waals surface area (Å²) in [5.74, 6) is -1.59. The Hall–Kier alpha value is -1.91. The lowest BCUT2D eigenvalue weighted by molar-refractivity contribution is -0.118. The molecule has 1 heterocycles. The van der Waals surface area contributed by atoms with E-state index in [2.05, 4.69) is 10.3 Å². The zero-order chi connectivity index (χ0) is 11.4. The van der Waals surface area contributed by atoms with E-state index < -0.39 is 5.97 Å². The first-order chi connectivity index (χ1) is 7.02. The monoisotopic (exact) mass is 208 g/mol. The van der Waals surface area contributed by atoms with Gasteiger partial charge in [0.05, 0.1) is 5.69 Å². The molecule has 0 spiro atoms. The summed E-state index contributed by atoms with van der Waals surface area (Å²) in [7, 11) is 0. The Morgan fingerprint density at radius 2 is 2.13 bits per heavy atom. The minimum Gasteiger partial charge on any atom is -0.476 e. The van der Waals surface area contributed by atoms with Gasteiger partial charge in [-0.1, -0.05) is 13.8 Å². The lowest BCUT2D eigenvalue weighted by atomic mass is 10.2. The zero-order valence-electron chi connectivity index (χ0n) is 8.52. The van der Waals surface area contributed by atoms with E-state index in [1.54, 1.807) is 19.9 Å². The van der Waals surface area contributed by atoms with Crippen LogP contribution in [0.5, 0.6) is 0 Å². The molecule has 1 aromatic heterocycles. The molecule has 1 amide bonds. The van der Waals surface area contributed by atoms with Crippen molar-refractivity contribution in [2.45, 2.75) is 13.8 Å². The lowest BCUT2D eigenvalue weighted by Gasteiger charge is -2.08. The van der Waals surface area contributed by atoms with Crippen LogP contribution in [0.15, 0.2) is 18.3 Å². The second-order valence-corrected chi connectivity index (χ2v) is 3.35. The molecule has 1 aromatic rings. The van der Waals surface area contributed by atoms with Crippen LogP contribution in [-0.4, -0.2) is 22.0 Å². The number of aromatic carboxylic acids is 1. The van der Waals surface area contributed by atoms with Crippen LogP contribution in [-0.2, 0) is 4.79 Å². The van der Waals surface area contributed by atoms with Crippen LogP contribution >= 0.6 is 0 Å². The van der Waals surface area contributed by atoms with Crippen LogP contribution in [0.3, 0.4) is 0 Å². The Labute approximate surface area is 87.1 Å². The number of carboxylic acid groups (broad SMARTS) is 1. The molecule has 0 aromatic carbocycles. The molecule has 0 saturated carbocycles. The molecule has 0 fully saturated rings. The summed E-state index contributed by atoms with van der Waals surface area (Å²) in [6.45, 7) is 3.46. The van der Waals surface area contributed by atoms with Gasteiger partial charge in [-0.05, 0) is 12.1 Å². The van der Waals surface area contributed by atoms with E-state index in [0.717, 1.165) is 0 Å². The third-order valence-electron chi connectivity index (χ3n) is 1.79. The number of aromatic nitrogens is 1. The highest BCUT2D eigenvalue weighted by atomic mass is 16.4. The minimum atomic E-state index is -1.16. The highest BCUT2D eigenvalue weighted by Gasteiger charge is 2.14. The first kappa shape index (κ1) is 11.2. The molecular formula is C10H12N2O3. The number of pyridine rings is 1. The topological polar surface area (TPSA) is 79.3 Å². The van der Waals surface area contributed by atoms with Crippen LogP contribution < -0.4 is 5.32 Å². The first-order valence-corrected chi connectivity index (χ1v) is 4.51. The van der Waals surface area contributed by atoms with Gasteiger partial charge in [0.2, 0.25) is 5.91 Å². The van der Waals surface area contributed by atoms with E-state index in [4.69, 9.17) is 5.11 Å².